The van der Waals surface area contributed by atoms with E-state index in [1.165, 1.54) is 12.1 Å². The van der Waals surface area contributed by atoms with E-state index in [1.54, 1.807) is 12.1 Å². The molecule has 0 unspecified atom stereocenters. The highest BCUT2D eigenvalue weighted by atomic mass is 16.6. The summed E-state index contributed by atoms with van der Waals surface area (Å²) in [6, 6.07) is 12.3. The summed E-state index contributed by atoms with van der Waals surface area (Å²) in [6.07, 6.45) is 0. The number of nitro groups is 1. The van der Waals surface area contributed by atoms with Crippen LogP contribution in [0.15, 0.2) is 42.5 Å². The van der Waals surface area contributed by atoms with E-state index in [2.05, 4.69) is 0 Å². The number of hydrogen-bond donors (Lipinski definition) is 0. The van der Waals surface area contributed by atoms with Crippen LogP contribution in [-0.4, -0.2) is 4.92 Å². The largest absolute Gasteiger partial charge is 0.269 e. The van der Waals surface area contributed by atoms with Gasteiger partial charge in [0.2, 0.25) is 0 Å². The molecule has 0 aromatic heterocycles. The maximum absolute atomic E-state index is 10.4. The Balaban J connectivity index is 2.61. The maximum Gasteiger partial charge on any atom is 0.269 e. The predicted molar refractivity (Wildman–Crippen MR) is 49.7 cm³/mol. The molecular formula is C10H7NO2. The van der Waals surface area contributed by atoms with E-state index in [-0.39, 0.29) is 5.69 Å². The van der Waals surface area contributed by atoms with Gasteiger partial charge in [0.1, 0.15) is 0 Å². The van der Waals surface area contributed by atoms with E-state index in [4.69, 9.17) is 0 Å². The second-order valence-corrected chi connectivity index (χ2v) is 2.79. The summed E-state index contributed by atoms with van der Waals surface area (Å²) in [5.74, 6) is 0. The normalized spacial score (nSPS) is 10.2. The molecule has 0 amide bonds. The van der Waals surface area contributed by atoms with Crippen molar-refractivity contribution in [3.8, 4) is 11.1 Å². The van der Waals surface area contributed by atoms with Crippen molar-refractivity contribution in [2.24, 2.45) is 0 Å². The Bertz CT molecular complexity index is 395. The Morgan fingerprint density at radius 3 is 1.92 bits per heavy atom. The van der Waals surface area contributed by atoms with Gasteiger partial charge in [-0.15, -0.1) is 0 Å². The Morgan fingerprint density at radius 2 is 1.46 bits per heavy atom. The minimum atomic E-state index is -0.390. The van der Waals surface area contributed by atoms with Gasteiger partial charge in [0.05, 0.1) is 4.92 Å². The van der Waals surface area contributed by atoms with Gasteiger partial charge in [0.25, 0.3) is 5.69 Å². The zero-order valence-electron chi connectivity index (χ0n) is 6.81. The topological polar surface area (TPSA) is 43.1 Å². The fourth-order valence-electron chi connectivity index (χ4n) is 1.28. The Hall–Kier alpha value is -1.90. The van der Waals surface area contributed by atoms with E-state index in [9.17, 15) is 10.1 Å². The van der Waals surface area contributed by atoms with Gasteiger partial charge in [-0.1, -0.05) is 18.2 Å². The van der Waals surface area contributed by atoms with Gasteiger partial charge in [-0.3, -0.25) is 10.1 Å². The summed E-state index contributed by atoms with van der Waals surface area (Å²) >= 11 is 0. The van der Waals surface area contributed by atoms with Crippen LogP contribution in [0.3, 0.4) is 0 Å². The third-order valence-electron chi connectivity index (χ3n) is 1.96. The minimum absolute atomic E-state index is 0.121. The van der Waals surface area contributed by atoms with Gasteiger partial charge >= 0.3 is 0 Å². The van der Waals surface area contributed by atoms with Gasteiger partial charge in [-0.25, -0.2) is 0 Å². The molecule has 0 radical (unpaired) electrons. The average Bonchev–Trinajstić information content (AvgIpc) is 2.44. The van der Waals surface area contributed by atoms with Crippen LogP contribution in [0.2, 0.25) is 0 Å². The first-order chi connectivity index (χ1) is 6.27. The lowest BCUT2D eigenvalue weighted by molar-refractivity contribution is -0.384. The van der Waals surface area contributed by atoms with Crippen molar-refractivity contribution in [3.63, 3.8) is 0 Å². The lowest BCUT2D eigenvalue weighted by Gasteiger charge is -1.85. The molecule has 0 saturated carbocycles. The molecule has 0 aromatic carbocycles. The Morgan fingerprint density at radius 1 is 0.923 bits per heavy atom. The van der Waals surface area contributed by atoms with Gasteiger partial charge in [-0.05, 0) is 23.3 Å². The van der Waals surface area contributed by atoms with Gasteiger partial charge in [0, 0.05) is 12.1 Å². The van der Waals surface area contributed by atoms with Crippen molar-refractivity contribution in [3.05, 3.63) is 52.6 Å². The van der Waals surface area contributed by atoms with Crippen LogP contribution in [0.25, 0.3) is 11.1 Å². The standard InChI is InChI=1S/C10H7NO2/c12-11(13)10-6-4-8-2-1-3-9(8)5-7-10/h1-7H. The Kier molecular flexibility index (Phi) is 1.70. The predicted octanol–water partition coefficient (Wildman–Crippen LogP) is 2.70. The van der Waals surface area contributed by atoms with E-state index in [0.717, 1.165) is 11.1 Å². The van der Waals surface area contributed by atoms with Crippen LogP contribution in [0.5, 0.6) is 0 Å². The van der Waals surface area contributed by atoms with E-state index >= 15 is 0 Å². The summed E-state index contributed by atoms with van der Waals surface area (Å²) in [7, 11) is 0. The molecule has 3 nitrogen and oxygen atoms in total. The monoisotopic (exact) mass is 173 g/mol. The first kappa shape index (κ1) is 7.73. The average molecular weight is 173 g/mol. The molecule has 13 heavy (non-hydrogen) atoms. The van der Waals surface area contributed by atoms with Crippen LogP contribution < -0.4 is 0 Å². The third kappa shape index (κ3) is 1.36. The molecule has 3 heteroatoms. The summed E-state index contributed by atoms with van der Waals surface area (Å²) in [5, 5.41) is 10.4. The maximum atomic E-state index is 10.4. The molecule has 0 N–H and O–H groups in total. The molecule has 0 aliphatic heterocycles. The second-order valence-electron chi connectivity index (χ2n) is 2.79. The quantitative estimate of drug-likeness (QED) is 0.491. The van der Waals surface area contributed by atoms with Crippen molar-refractivity contribution >= 4 is 5.69 Å². The molecule has 0 heterocycles. The highest BCUT2D eigenvalue weighted by Gasteiger charge is 2.04. The number of rotatable bonds is 1. The first-order valence-electron chi connectivity index (χ1n) is 3.90. The number of nitrogens with zero attached hydrogens (tertiary/aromatic N) is 1. The fourth-order valence-corrected chi connectivity index (χ4v) is 1.28. The molecule has 0 saturated heterocycles. The lowest BCUT2D eigenvalue weighted by atomic mass is 10.2. The molecule has 0 bridgehead atoms. The smallest absolute Gasteiger partial charge is 0.258 e. The van der Waals surface area contributed by atoms with Crippen LogP contribution >= 0.6 is 0 Å². The Labute approximate surface area is 75.1 Å². The summed E-state index contributed by atoms with van der Waals surface area (Å²) in [4.78, 5) is 10.1. The zero-order chi connectivity index (χ0) is 9.26. The molecule has 2 aliphatic carbocycles. The van der Waals surface area contributed by atoms with Gasteiger partial charge < -0.3 is 0 Å². The highest BCUT2D eigenvalue weighted by Crippen LogP contribution is 2.23. The third-order valence-corrected chi connectivity index (χ3v) is 1.96. The van der Waals surface area contributed by atoms with Crippen molar-refractivity contribution in [2.75, 3.05) is 0 Å². The molecule has 0 fully saturated rings. The van der Waals surface area contributed by atoms with Crippen molar-refractivity contribution < 1.29 is 4.92 Å². The summed E-state index contributed by atoms with van der Waals surface area (Å²) in [5.41, 5.74) is 2.16. The molecule has 2 aliphatic rings. The van der Waals surface area contributed by atoms with Crippen molar-refractivity contribution in [1.29, 1.82) is 0 Å². The van der Waals surface area contributed by atoms with Crippen LogP contribution in [0, 0.1) is 10.1 Å². The fraction of sp³-hybridized carbons (Fsp3) is 0. The van der Waals surface area contributed by atoms with E-state index in [0.29, 0.717) is 0 Å². The van der Waals surface area contributed by atoms with Gasteiger partial charge in [0.15, 0.2) is 0 Å². The minimum Gasteiger partial charge on any atom is -0.258 e. The summed E-state index contributed by atoms with van der Waals surface area (Å²) in [6.45, 7) is 0. The van der Waals surface area contributed by atoms with E-state index in [1.807, 2.05) is 18.2 Å². The van der Waals surface area contributed by atoms with Crippen LogP contribution in [-0.2, 0) is 0 Å². The molecule has 64 valence electrons. The summed E-state index contributed by atoms with van der Waals surface area (Å²) < 4.78 is 0. The molecular weight excluding hydrogens is 166 g/mol. The second kappa shape index (κ2) is 2.86. The van der Waals surface area contributed by atoms with Gasteiger partial charge in [-0.2, -0.15) is 0 Å². The molecule has 0 atom stereocenters. The molecule has 0 spiro atoms. The molecule has 2 rings (SSSR count). The molecule has 0 aromatic rings. The zero-order valence-corrected chi connectivity index (χ0v) is 6.81. The SMILES string of the molecule is O=[N+]([O-])c1ccc2cccc-2cc1. The van der Waals surface area contributed by atoms with E-state index < -0.39 is 4.92 Å². The van der Waals surface area contributed by atoms with Crippen molar-refractivity contribution in [2.45, 2.75) is 0 Å². The van der Waals surface area contributed by atoms with Crippen LogP contribution in [0.1, 0.15) is 0 Å². The number of fused-ring (bicyclic) bond motifs is 1. The highest BCUT2D eigenvalue weighted by molar-refractivity contribution is 5.66. The number of hydrogen-bond acceptors (Lipinski definition) is 2. The first-order valence-corrected chi connectivity index (χ1v) is 3.90. The van der Waals surface area contributed by atoms with Crippen LogP contribution in [0.4, 0.5) is 5.69 Å². The van der Waals surface area contributed by atoms with Crippen molar-refractivity contribution in [1.82, 2.24) is 0 Å². The lowest BCUT2D eigenvalue weighted by Crippen LogP contribution is -1.83.